The van der Waals surface area contributed by atoms with Crippen molar-refractivity contribution in [3.63, 3.8) is 0 Å². The zero-order chi connectivity index (χ0) is 14.9. The van der Waals surface area contributed by atoms with Crippen molar-refractivity contribution in [3.05, 3.63) is 22.4 Å². The zero-order valence-electron chi connectivity index (χ0n) is 12.3. The first-order valence-electron chi connectivity index (χ1n) is 7.62. The van der Waals surface area contributed by atoms with Crippen LogP contribution in [0.15, 0.2) is 17.5 Å². The first kappa shape index (κ1) is 14.6. The third kappa shape index (κ3) is 3.12. The van der Waals surface area contributed by atoms with Gasteiger partial charge in [0.25, 0.3) is 0 Å². The van der Waals surface area contributed by atoms with E-state index in [-0.39, 0.29) is 5.91 Å². The molecule has 2 atom stereocenters. The molecule has 1 aromatic rings. The Morgan fingerprint density at radius 3 is 3.00 bits per heavy atom. The summed E-state index contributed by atoms with van der Waals surface area (Å²) < 4.78 is 0. The van der Waals surface area contributed by atoms with Gasteiger partial charge in [-0.15, -0.1) is 11.3 Å². The normalized spacial score (nSPS) is 25.2. The van der Waals surface area contributed by atoms with Gasteiger partial charge in [0.15, 0.2) is 0 Å². The molecule has 21 heavy (non-hydrogen) atoms. The van der Waals surface area contributed by atoms with Crippen molar-refractivity contribution in [1.29, 1.82) is 5.26 Å². The van der Waals surface area contributed by atoms with Gasteiger partial charge in [-0.25, -0.2) is 0 Å². The summed E-state index contributed by atoms with van der Waals surface area (Å²) in [5, 5.41) is 14.4. The Kier molecular flexibility index (Phi) is 4.01. The van der Waals surface area contributed by atoms with Gasteiger partial charge in [0, 0.05) is 10.9 Å². The van der Waals surface area contributed by atoms with Crippen LogP contribution >= 0.6 is 11.3 Å². The fraction of sp³-hybridized carbons (Fsp3) is 0.625. The molecule has 2 fully saturated rings. The van der Waals surface area contributed by atoms with E-state index in [4.69, 9.17) is 0 Å². The fourth-order valence-electron chi connectivity index (χ4n) is 3.21. The maximum Gasteiger partial charge on any atom is 0.235 e. The van der Waals surface area contributed by atoms with E-state index in [1.807, 2.05) is 6.92 Å². The minimum atomic E-state index is -0.685. The molecule has 0 spiro atoms. The molecule has 0 aromatic carbocycles. The van der Waals surface area contributed by atoms with E-state index in [9.17, 15) is 10.1 Å². The summed E-state index contributed by atoms with van der Waals surface area (Å²) in [4.78, 5) is 15.9. The minimum absolute atomic E-state index is 0.0191. The number of thiophene rings is 1. The van der Waals surface area contributed by atoms with Gasteiger partial charge in [0.2, 0.25) is 5.91 Å². The molecule has 1 aromatic heterocycles. The average Bonchev–Trinajstić information content (AvgIpc) is 3.01. The summed E-state index contributed by atoms with van der Waals surface area (Å²) in [7, 11) is 0. The second-order valence-electron chi connectivity index (χ2n) is 6.28. The van der Waals surface area contributed by atoms with E-state index in [1.165, 1.54) is 4.88 Å². The Bertz CT molecular complexity index is 546. The Morgan fingerprint density at radius 2 is 2.38 bits per heavy atom. The molecular weight excluding hydrogens is 282 g/mol. The molecule has 112 valence electrons. The molecule has 1 saturated carbocycles. The van der Waals surface area contributed by atoms with E-state index in [0.717, 1.165) is 32.2 Å². The maximum atomic E-state index is 12.3. The van der Waals surface area contributed by atoms with Crippen molar-refractivity contribution >= 4 is 17.2 Å². The number of carbonyl (C=O) groups excluding carboxylic acids is 1. The Labute approximate surface area is 129 Å². The van der Waals surface area contributed by atoms with E-state index < -0.39 is 5.54 Å². The molecule has 2 heterocycles. The summed E-state index contributed by atoms with van der Waals surface area (Å²) in [6.45, 7) is 3.21. The highest BCUT2D eigenvalue weighted by Crippen LogP contribution is 2.39. The molecule has 0 radical (unpaired) electrons. The lowest BCUT2D eigenvalue weighted by atomic mass is 9.98. The molecule has 0 unspecified atom stereocenters. The van der Waals surface area contributed by atoms with Gasteiger partial charge >= 0.3 is 0 Å². The Balaban J connectivity index is 1.60. The molecule has 3 rings (SSSR count). The molecule has 0 bridgehead atoms. The van der Waals surface area contributed by atoms with E-state index >= 15 is 0 Å². The summed E-state index contributed by atoms with van der Waals surface area (Å²) in [6, 6.07) is 6.87. The van der Waals surface area contributed by atoms with E-state index in [2.05, 4.69) is 33.8 Å². The third-order valence-electron chi connectivity index (χ3n) is 4.61. The lowest BCUT2D eigenvalue weighted by molar-refractivity contribution is -0.123. The van der Waals surface area contributed by atoms with Crippen LogP contribution in [0.3, 0.4) is 0 Å². The van der Waals surface area contributed by atoms with Crippen LogP contribution in [0.5, 0.6) is 0 Å². The van der Waals surface area contributed by atoms with Crippen LogP contribution in [0.4, 0.5) is 0 Å². The van der Waals surface area contributed by atoms with E-state index in [0.29, 0.717) is 18.5 Å². The highest BCUT2D eigenvalue weighted by Gasteiger charge is 2.43. The van der Waals surface area contributed by atoms with Gasteiger partial charge in [0.05, 0.1) is 12.6 Å². The third-order valence-corrected chi connectivity index (χ3v) is 5.58. The van der Waals surface area contributed by atoms with Crippen LogP contribution in [0.2, 0.25) is 0 Å². The summed E-state index contributed by atoms with van der Waals surface area (Å²) >= 11 is 1.76. The molecule has 1 amide bonds. The Morgan fingerprint density at radius 1 is 1.57 bits per heavy atom. The zero-order valence-corrected chi connectivity index (χ0v) is 13.2. The first-order chi connectivity index (χ1) is 10.1. The second-order valence-corrected chi connectivity index (χ2v) is 7.26. The van der Waals surface area contributed by atoms with Crippen LogP contribution in [0, 0.1) is 17.2 Å². The molecule has 1 aliphatic heterocycles. The number of likely N-dealkylation sites (tertiary alicyclic amines) is 1. The van der Waals surface area contributed by atoms with Crippen LogP contribution in [-0.4, -0.2) is 29.4 Å². The SMILES string of the molecule is C[C@](C#N)(NC(=O)CN1CCC[C@@H]1c1cccs1)C1CC1. The lowest BCUT2D eigenvalue weighted by Gasteiger charge is -2.27. The van der Waals surface area contributed by atoms with Crippen molar-refractivity contribution in [1.82, 2.24) is 10.2 Å². The fourth-order valence-corrected chi connectivity index (χ4v) is 4.11. The quantitative estimate of drug-likeness (QED) is 0.910. The minimum Gasteiger partial charge on any atom is -0.337 e. The van der Waals surface area contributed by atoms with Crippen molar-refractivity contribution in [2.45, 2.75) is 44.2 Å². The lowest BCUT2D eigenvalue weighted by Crippen LogP contribution is -2.50. The molecule has 2 aliphatic rings. The number of nitrogens with zero attached hydrogens (tertiary/aromatic N) is 2. The first-order valence-corrected chi connectivity index (χ1v) is 8.50. The highest BCUT2D eigenvalue weighted by molar-refractivity contribution is 7.10. The summed E-state index contributed by atoms with van der Waals surface area (Å²) in [5.41, 5.74) is -0.685. The van der Waals surface area contributed by atoms with Crippen molar-refractivity contribution in [2.75, 3.05) is 13.1 Å². The predicted octanol–water partition coefficient (Wildman–Crippen LogP) is 2.69. The molecule has 1 N–H and O–H groups in total. The molecule has 1 saturated heterocycles. The van der Waals surface area contributed by atoms with Crippen molar-refractivity contribution in [3.8, 4) is 6.07 Å². The van der Waals surface area contributed by atoms with Crippen LogP contribution in [-0.2, 0) is 4.79 Å². The number of rotatable bonds is 5. The number of hydrogen-bond acceptors (Lipinski definition) is 4. The van der Waals surface area contributed by atoms with E-state index in [1.54, 1.807) is 11.3 Å². The van der Waals surface area contributed by atoms with Crippen LogP contribution in [0.1, 0.15) is 43.5 Å². The highest BCUT2D eigenvalue weighted by atomic mass is 32.1. The van der Waals surface area contributed by atoms with Gasteiger partial charge in [-0.3, -0.25) is 9.69 Å². The van der Waals surface area contributed by atoms with Gasteiger partial charge in [-0.1, -0.05) is 6.07 Å². The van der Waals surface area contributed by atoms with Gasteiger partial charge in [-0.2, -0.15) is 5.26 Å². The standard InChI is InChI=1S/C16H21N3OS/c1-16(11-17,12-6-7-12)18-15(20)10-19-8-2-4-13(19)14-5-3-9-21-14/h3,5,9,12-13H,2,4,6-8,10H2,1H3,(H,18,20)/t13-,16-/m1/s1. The van der Waals surface area contributed by atoms with Crippen LogP contribution in [0.25, 0.3) is 0 Å². The summed E-state index contributed by atoms with van der Waals surface area (Å²) in [6.07, 6.45) is 4.34. The summed E-state index contributed by atoms with van der Waals surface area (Å²) in [5.74, 6) is 0.313. The molecule has 5 heteroatoms. The number of hydrogen-bond donors (Lipinski definition) is 1. The molecule has 1 aliphatic carbocycles. The van der Waals surface area contributed by atoms with Gasteiger partial charge in [0.1, 0.15) is 5.54 Å². The maximum absolute atomic E-state index is 12.3. The molecule has 4 nitrogen and oxygen atoms in total. The molecular formula is C16H21N3OS. The van der Waals surface area contributed by atoms with Gasteiger partial charge in [-0.05, 0) is 56.5 Å². The number of carbonyl (C=O) groups is 1. The monoisotopic (exact) mass is 303 g/mol. The van der Waals surface area contributed by atoms with Crippen molar-refractivity contribution in [2.24, 2.45) is 5.92 Å². The smallest absolute Gasteiger partial charge is 0.235 e. The predicted molar refractivity (Wildman–Crippen MR) is 82.8 cm³/mol. The van der Waals surface area contributed by atoms with Gasteiger partial charge < -0.3 is 5.32 Å². The van der Waals surface area contributed by atoms with Crippen molar-refractivity contribution < 1.29 is 4.79 Å². The Hall–Kier alpha value is -1.38. The largest absolute Gasteiger partial charge is 0.337 e. The number of nitrogens with one attached hydrogen (secondary N) is 1. The number of nitriles is 1. The topological polar surface area (TPSA) is 56.1 Å². The average molecular weight is 303 g/mol. The number of amides is 1. The second kappa shape index (κ2) is 5.78. The van der Waals surface area contributed by atoms with Crippen LogP contribution < -0.4 is 5.32 Å².